The van der Waals surface area contributed by atoms with Crippen molar-refractivity contribution < 1.29 is 9.53 Å². The number of rotatable bonds is 5. The second-order valence-corrected chi connectivity index (χ2v) is 5.10. The van der Waals surface area contributed by atoms with Crippen LogP contribution in [0.1, 0.15) is 25.3 Å². The van der Waals surface area contributed by atoms with Crippen LogP contribution in [0.2, 0.25) is 0 Å². The zero-order chi connectivity index (χ0) is 14.4. The summed E-state index contributed by atoms with van der Waals surface area (Å²) in [6.45, 7) is 5.37. The molecule has 0 spiro atoms. The maximum Gasteiger partial charge on any atom is 0.237 e. The number of nitrogens with zero attached hydrogens (tertiary/aromatic N) is 1. The fraction of sp³-hybridized carbons (Fsp3) is 0.533. The molecule has 0 aromatic heterocycles. The van der Waals surface area contributed by atoms with Crippen LogP contribution in [-0.4, -0.2) is 30.5 Å². The standard InChI is InChI=1S/C15H23N3O2/c1-2-20-14-6-4-3-5-13(14)11-18-9-7-12(8-10-18)15(19)17-16/h3-6,12H,2,7-11,16H2,1H3,(H,17,19). The lowest BCUT2D eigenvalue weighted by Gasteiger charge is -2.31. The fourth-order valence-electron chi connectivity index (χ4n) is 2.64. The molecule has 0 unspecified atom stereocenters. The quantitative estimate of drug-likeness (QED) is 0.483. The minimum Gasteiger partial charge on any atom is -0.494 e. The highest BCUT2D eigenvalue weighted by atomic mass is 16.5. The molecule has 1 amide bonds. The van der Waals surface area contributed by atoms with Crippen molar-refractivity contribution in [1.82, 2.24) is 10.3 Å². The van der Waals surface area contributed by atoms with Gasteiger partial charge in [-0.05, 0) is 38.9 Å². The molecule has 1 aromatic rings. The summed E-state index contributed by atoms with van der Waals surface area (Å²) in [7, 11) is 0. The number of para-hydroxylation sites is 1. The molecule has 20 heavy (non-hydrogen) atoms. The zero-order valence-corrected chi connectivity index (χ0v) is 12.0. The highest BCUT2D eigenvalue weighted by Crippen LogP contribution is 2.23. The molecule has 2 rings (SSSR count). The lowest BCUT2D eigenvalue weighted by Crippen LogP contribution is -2.42. The molecule has 1 aliphatic rings. The Kier molecular flexibility index (Phi) is 5.38. The lowest BCUT2D eigenvalue weighted by molar-refractivity contribution is -0.126. The summed E-state index contributed by atoms with van der Waals surface area (Å²) in [6.07, 6.45) is 1.72. The van der Waals surface area contributed by atoms with Crippen LogP contribution in [0, 0.1) is 5.92 Å². The Morgan fingerprint density at radius 1 is 1.40 bits per heavy atom. The van der Waals surface area contributed by atoms with E-state index in [0.717, 1.165) is 38.2 Å². The Labute approximate surface area is 120 Å². The van der Waals surface area contributed by atoms with Gasteiger partial charge in [0.15, 0.2) is 0 Å². The molecule has 5 nitrogen and oxygen atoms in total. The molecule has 110 valence electrons. The SMILES string of the molecule is CCOc1ccccc1CN1CCC(C(=O)NN)CC1. The van der Waals surface area contributed by atoms with Gasteiger partial charge in [-0.2, -0.15) is 0 Å². The van der Waals surface area contributed by atoms with Gasteiger partial charge in [0, 0.05) is 18.0 Å². The monoisotopic (exact) mass is 277 g/mol. The smallest absolute Gasteiger partial charge is 0.237 e. The summed E-state index contributed by atoms with van der Waals surface area (Å²) in [5.41, 5.74) is 3.45. The van der Waals surface area contributed by atoms with E-state index in [0.29, 0.717) is 6.61 Å². The molecule has 1 fully saturated rings. The molecule has 5 heteroatoms. The van der Waals surface area contributed by atoms with Crippen molar-refractivity contribution >= 4 is 5.91 Å². The average molecular weight is 277 g/mol. The van der Waals surface area contributed by atoms with Gasteiger partial charge in [-0.25, -0.2) is 5.84 Å². The van der Waals surface area contributed by atoms with Crippen LogP contribution < -0.4 is 16.0 Å². The topological polar surface area (TPSA) is 67.6 Å². The first kappa shape index (κ1) is 14.8. The first-order valence-corrected chi connectivity index (χ1v) is 7.18. The number of hydrogen-bond acceptors (Lipinski definition) is 4. The van der Waals surface area contributed by atoms with Gasteiger partial charge in [0.2, 0.25) is 5.91 Å². The van der Waals surface area contributed by atoms with Crippen LogP contribution in [-0.2, 0) is 11.3 Å². The predicted octanol–water partition coefficient (Wildman–Crippen LogP) is 1.29. The van der Waals surface area contributed by atoms with Crippen LogP contribution in [0.5, 0.6) is 5.75 Å². The first-order valence-electron chi connectivity index (χ1n) is 7.18. The van der Waals surface area contributed by atoms with Gasteiger partial charge < -0.3 is 4.74 Å². The van der Waals surface area contributed by atoms with E-state index in [-0.39, 0.29) is 11.8 Å². The van der Waals surface area contributed by atoms with Crippen molar-refractivity contribution in [2.75, 3.05) is 19.7 Å². The third kappa shape index (κ3) is 3.71. The maximum atomic E-state index is 11.5. The number of benzene rings is 1. The molecule has 0 bridgehead atoms. The van der Waals surface area contributed by atoms with Gasteiger partial charge in [0.05, 0.1) is 6.61 Å². The van der Waals surface area contributed by atoms with E-state index in [2.05, 4.69) is 16.4 Å². The Hall–Kier alpha value is -1.59. The number of ether oxygens (including phenoxy) is 1. The fourth-order valence-corrected chi connectivity index (χ4v) is 2.64. The Morgan fingerprint density at radius 2 is 2.10 bits per heavy atom. The second kappa shape index (κ2) is 7.26. The van der Waals surface area contributed by atoms with Gasteiger partial charge in [-0.1, -0.05) is 18.2 Å². The highest BCUT2D eigenvalue weighted by molar-refractivity contribution is 5.78. The summed E-state index contributed by atoms with van der Waals surface area (Å²) in [4.78, 5) is 13.9. The molecule has 0 saturated carbocycles. The molecule has 0 aliphatic carbocycles. The number of carbonyl (C=O) groups is 1. The van der Waals surface area contributed by atoms with Crippen molar-refractivity contribution in [3.63, 3.8) is 0 Å². The second-order valence-electron chi connectivity index (χ2n) is 5.10. The van der Waals surface area contributed by atoms with Crippen LogP contribution in [0.25, 0.3) is 0 Å². The number of amides is 1. The predicted molar refractivity (Wildman–Crippen MR) is 77.9 cm³/mol. The molecule has 1 aliphatic heterocycles. The van der Waals surface area contributed by atoms with E-state index in [1.807, 2.05) is 25.1 Å². The summed E-state index contributed by atoms with van der Waals surface area (Å²) >= 11 is 0. The summed E-state index contributed by atoms with van der Waals surface area (Å²) in [6, 6.07) is 8.13. The zero-order valence-electron chi connectivity index (χ0n) is 12.0. The number of nitrogens with two attached hydrogens (primary N) is 1. The van der Waals surface area contributed by atoms with Gasteiger partial charge in [-0.15, -0.1) is 0 Å². The van der Waals surface area contributed by atoms with E-state index < -0.39 is 0 Å². The number of piperidine rings is 1. The molecular weight excluding hydrogens is 254 g/mol. The van der Waals surface area contributed by atoms with Gasteiger partial charge >= 0.3 is 0 Å². The van der Waals surface area contributed by atoms with Crippen LogP contribution in [0.3, 0.4) is 0 Å². The molecule has 0 radical (unpaired) electrons. The van der Waals surface area contributed by atoms with Crippen LogP contribution >= 0.6 is 0 Å². The largest absolute Gasteiger partial charge is 0.494 e. The van der Waals surface area contributed by atoms with Crippen molar-refractivity contribution in [3.8, 4) is 5.75 Å². The summed E-state index contributed by atoms with van der Waals surface area (Å²) in [5, 5.41) is 0. The summed E-state index contributed by atoms with van der Waals surface area (Å²) < 4.78 is 5.65. The third-order valence-electron chi connectivity index (χ3n) is 3.77. The molecular formula is C15H23N3O2. The third-order valence-corrected chi connectivity index (χ3v) is 3.77. The minimum atomic E-state index is -0.0423. The Bertz CT molecular complexity index is 442. The summed E-state index contributed by atoms with van der Waals surface area (Å²) in [5.74, 6) is 6.15. The lowest BCUT2D eigenvalue weighted by atomic mass is 9.96. The number of hydrazine groups is 1. The van der Waals surface area contributed by atoms with E-state index >= 15 is 0 Å². The molecule has 3 N–H and O–H groups in total. The number of likely N-dealkylation sites (tertiary alicyclic amines) is 1. The van der Waals surface area contributed by atoms with E-state index in [1.54, 1.807) is 0 Å². The molecule has 0 atom stereocenters. The van der Waals surface area contributed by atoms with Gasteiger partial charge in [0.25, 0.3) is 0 Å². The maximum absolute atomic E-state index is 11.5. The van der Waals surface area contributed by atoms with E-state index in [4.69, 9.17) is 10.6 Å². The highest BCUT2D eigenvalue weighted by Gasteiger charge is 2.24. The van der Waals surface area contributed by atoms with Crippen molar-refractivity contribution in [3.05, 3.63) is 29.8 Å². The minimum absolute atomic E-state index is 0.0423. The average Bonchev–Trinajstić information content (AvgIpc) is 2.49. The van der Waals surface area contributed by atoms with Gasteiger partial charge in [0.1, 0.15) is 5.75 Å². The molecule has 1 aromatic carbocycles. The first-order chi connectivity index (χ1) is 9.74. The van der Waals surface area contributed by atoms with Crippen LogP contribution in [0.15, 0.2) is 24.3 Å². The van der Waals surface area contributed by atoms with Crippen molar-refractivity contribution in [2.45, 2.75) is 26.3 Å². The van der Waals surface area contributed by atoms with E-state index in [9.17, 15) is 4.79 Å². The normalized spacial score (nSPS) is 16.9. The number of hydrogen-bond donors (Lipinski definition) is 2. The Morgan fingerprint density at radius 3 is 2.75 bits per heavy atom. The molecule has 1 saturated heterocycles. The van der Waals surface area contributed by atoms with Crippen LogP contribution in [0.4, 0.5) is 0 Å². The number of carbonyl (C=O) groups excluding carboxylic acids is 1. The van der Waals surface area contributed by atoms with Crippen molar-refractivity contribution in [1.29, 1.82) is 0 Å². The number of nitrogens with one attached hydrogen (secondary N) is 1. The van der Waals surface area contributed by atoms with Gasteiger partial charge in [-0.3, -0.25) is 15.1 Å². The Balaban J connectivity index is 1.91. The van der Waals surface area contributed by atoms with E-state index in [1.165, 1.54) is 5.56 Å². The van der Waals surface area contributed by atoms with Crippen molar-refractivity contribution in [2.24, 2.45) is 11.8 Å². The molecule has 1 heterocycles.